The Hall–Kier alpha value is -3.35. The van der Waals surface area contributed by atoms with E-state index in [1.54, 1.807) is 42.5 Å². The fourth-order valence-electron chi connectivity index (χ4n) is 4.45. The standard InChI is InChI=1S/C28H27NO4S.C2H6/c30-21-8-4-20(5-9-21)28-26(24-13-10-22(31)18-25(24)34-28)27(32)19-6-11-23(12-7-19)33-17-16-29-14-2-1-3-15-29;1-2/h4-13,18,30-31H,1-3,14-17H2;1-2H3. The Labute approximate surface area is 216 Å². The van der Waals surface area contributed by atoms with Crippen LogP contribution < -0.4 is 4.74 Å². The molecule has 1 aliphatic heterocycles. The number of fused-ring (bicyclic) bond motifs is 1. The predicted molar refractivity (Wildman–Crippen MR) is 148 cm³/mol. The number of ketones is 1. The SMILES string of the molecule is CC.O=C(c1ccc(OCCN2CCCCC2)cc1)c1c(-c2ccc(O)cc2)sc2cc(O)ccc12. The molecule has 5 rings (SSSR count). The number of piperidine rings is 1. The van der Waals surface area contributed by atoms with Crippen LogP contribution in [0.2, 0.25) is 0 Å². The van der Waals surface area contributed by atoms with Crippen LogP contribution in [-0.2, 0) is 0 Å². The minimum absolute atomic E-state index is 0.0834. The van der Waals surface area contributed by atoms with Gasteiger partial charge in [-0.2, -0.15) is 0 Å². The van der Waals surface area contributed by atoms with Gasteiger partial charge < -0.3 is 14.9 Å². The monoisotopic (exact) mass is 503 g/mol. The van der Waals surface area contributed by atoms with Crippen molar-refractivity contribution < 1.29 is 19.7 Å². The average molecular weight is 504 g/mol. The third-order valence-electron chi connectivity index (χ3n) is 6.27. The number of ether oxygens (including phenoxy) is 1. The molecule has 2 heterocycles. The van der Waals surface area contributed by atoms with Gasteiger partial charge in [-0.1, -0.05) is 20.3 Å². The molecule has 0 aliphatic carbocycles. The smallest absolute Gasteiger partial charge is 0.195 e. The lowest BCUT2D eigenvalue weighted by Gasteiger charge is -2.26. The third kappa shape index (κ3) is 5.89. The number of phenols is 2. The van der Waals surface area contributed by atoms with Gasteiger partial charge in [0.2, 0.25) is 0 Å². The zero-order valence-corrected chi connectivity index (χ0v) is 21.7. The first-order chi connectivity index (χ1) is 17.6. The highest BCUT2D eigenvalue weighted by Gasteiger charge is 2.22. The second kappa shape index (κ2) is 12.1. The Morgan fingerprint density at radius 1 is 0.889 bits per heavy atom. The van der Waals surface area contributed by atoms with E-state index >= 15 is 0 Å². The second-order valence-corrected chi connectivity index (χ2v) is 9.69. The summed E-state index contributed by atoms with van der Waals surface area (Å²) in [6.07, 6.45) is 3.85. The predicted octanol–water partition coefficient (Wildman–Crippen LogP) is 7.10. The summed E-state index contributed by atoms with van der Waals surface area (Å²) in [7, 11) is 0. The van der Waals surface area contributed by atoms with Crippen molar-refractivity contribution in [3.05, 3.63) is 77.9 Å². The van der Waals surface area contributed by atoms with Crippen LogP contribution in [0.25, 0.3) is 20.5 Å². The van der Waals surface area contributed by atoms with Crippen molar-refractivity contribution >= 4 is 27.2 Å². The minimum atomic E-state index is -0.0834. The zero-order chi connectivity index (χ0) is 25.5. The second-order valence-electron chi connectivity index (χ2n) is 8.64. The molecule has 1 saturated heterocycles. The van der Waals surface area contributed by atoms with E-state index in [1.807, 2.05) is 38.1 Å². The highest BCUT2D eigenvalue weighted by atomic mass is 32.1. The number of carbonyl (C=O) groups excluding carboxylic acids is 1. The average Bonchev–Trinajstić information content (AvgIpc) is 3.29. The van der Waals surface area contributed by atoms with Crippen molar-refractivity contribution in [2.75, 3.05) is 26.2 Å². The molecular formula is C30H33NO4S. The molecule has 2 N–H and O–H groups in total. The molecule has 1 aromatic heterocycles. The van der Waals surface area contributed by atoms with E-state index in [2.05, 4.69) is 4.90 Å². The van der Waals surface area contributed by atoms with Crippen LogP contribution in [0.15, 0.2) is 66.7 Å². The zero-order valence-electron chi connectivity index (χ0n) is 20.9. The molecule has 1 fully saturated rings. The molecule has 0 spiro atoms. The number of rotatable bonds is 7. The molecular weight excluding hydrogens is 470 g/mol. The summed E-state index contributed by atoms with van der Waals surface area (Å²) in [5.41, 5.74) is 2.03. The number of benzene rings is 3. The van der Waals surface area contributed by atoms with Crippen LogP contribution in [0, 0.1) is 0 Å². The molecule has 6 heteroatoms. The molecule has 0 atom stereocenters. The van der Waals surface area contributed by atoms with E-state index in [4.69, 9.17) is 4.74 Å². The first-order valence-electron chi connectivity index (χ1n) is 12.6. The molecule has 36 heavy (non-hydrogen) atoms. The van der Waals surface area contributed by atoms with Gasteiger partial charge in [-0.25, -0.2) is 0 Å². The summed E-state index contributed by atoms with van der Waals surface area (Å²) in [5, 5.41) is 20.4. The molecule has 0 bridgehead atoms. The van der Waals surface area contributed by atoms with E-state index in [0.717, 1.165) is 45.9 Å². The molecule has 3 aromatic carbocycles. The van der Waals surface area contributed by atoms with Crippen molar-refractivity contribution in [3.8, 4) is 27.7 Å². The Morgan fingerprint density at radius 3 is 2.25 bits per heavy atom. The Kier molecular flexibility index (Phi) is 8.62. The van der Waals surface area contributed by atoms with Crippen LogP contribution >= 0.6 is 11.3 Å². The highest BCUT2D eigenvalue weighted by Crippen LogP contribution is 2.41. The number of phenolic OH excluding ortho intramolecular Hbond substituents is 2. The molecule has 1 aliphatic rings. The van der Waals surface area contributed by atoms with E-state index in [1.165, 1.54) is 30.6 Å². The van der Waals surface area contributed by atoms with E-state index in [0.29, 0.717) is 17.7 Å². The maximum atomic E-state index is 13.6. The quantitative estimate of drug-likeness (QED) is 0.263. The number of nitrogens with zero attached hydrogens (tertiary/aromatic N) is 1. The first kappa shape index (κ1) is 25.7. The number of thiophene rings is 1. The van der Waals surface area contributed by atoms with Crippen LogP contribution in [0.4, 0.5) is 0 Å². The lowest BCUT2D eigenvalue weighted by atomic mass is 9.97. The number of carbonyl (C=O) groups is 1. The third-order valence-corrected chi connectivity index (χ3v) is 7.47. The van der Waals surface area contributed by atoms with Crippen molar-refractivity contribution in [1.82, 2.24) is 4.90 Å². The number of aromatic hydroxyl groups is 2. The Bertz CT molecular complexity index is 1290. The Balaban J connectivity index is 0.00000148. The summed E-state index contributed by atoms with van der Waals surface area (Å²) in [5.74, 6) is 1.01. The fraction of sp³-hybridized carbons (Fsp3) is 0.300. The van der Waals surface area contributed by atoms with Crippen LogP contribution in [-0.4, -0.2) is 47.1 Å². The van der Waals surface area contributed by atoms with Gasteiger partial charge in [0.25, 0.3) is 0 Å². The molecule has 5 nitrogen and oxygen atoms in total. The van der Waals surface area contributed by atoms with E-state index in [9.17, 15) is 15.0 Å². The molecule has 0 radical (unpaired) electrons. The summed E-state index contributed by atoms with van der Waals surface area (Å²) < 4.78 is 6.76. The van der Waals surface area contributed by atoms with E-state index in [-0.39, 0.29) is 17.3 Å². The van der Waals surface area contributed by atoms with Gasteiger partial charge in [-0.3, -0.25) is 9.69 Å². The summed E-state index contributed by atoms with van der Waals surface area (Å²) in [4.78, 5) is 16.9. The topological polar surface area (TPSA) is 70.0 Å². The van der Waals surface area contributed by atoms with E-state index < -0.39 is 0 Å². The van der Waals surface area contributed by atoms with Gasteiger partial charge in [-0.05, 0) is 98.2 Å². The largest absolute Gasteiger partial charge is 0.508 e. The van der Waals surface area contributed by atoms with Gasteiger partial charge in [0.1, 0.15) is 23.9 Å². The minimum Gasteiger partial charge on any atom is -0.508 e. The first-order valence-corrected chi connectivity index (χ1v) is 13.4. The van der Waals surface area contributed by atoms with Crippen LogP contribution in [0.5, 0.6) is 17.2 Å². The molecule has 0 amide bonds. The van der Waals surface area contributed by atoms with Gasteiger partial charge >= 0.3 is 0 Å². The van der Waals surface area contributed by atoms with Crippen molar-refractivity contribution in [2.45, 2.75) is 33.1 Å². The van der Waals surface area contributed by atoms with Crippen LogP contribution in [0.3, 0.4) is 0 Å². The number of likely N-dealkylation sites (tertiary alicyclic amines) is 1. The number of hydrogen-bond donors (Lipinski definition) is 2. The Morgan fingerprint density at radius 2 is 1.56 bits per heavy atom. The molecule has 0 unspecified atom stereocenters. The maximum absolute atomic E-state index is 13.6. The van der Waals surface area contributed by atoms with Crippen LogP contribution in [0.1, 0.15) is 49.0 Å². The summed E-state index contributed by atoms with van der Waals surface area (Å²) in [6.45, 7) is 7.85. The number of hydrogen-bond acceptors (Lipinski definition) is 6. The van der Waals surface area contributed by atoms with Crippen molar-refractivity contribution in [1.29, 1.82) is 0 Å². The lowest BCUT2D eigenvalue weighted by Crippen LogP contribution is -2.33. The maximum Gasteiger partial charge on any atom is 0.195 e. The lowest BCUT2D eigenvalue weighted by molar-refractivity contribution is 0.104. The van der Waals surface area contributed by atoms with Gasteiger partial charge in [0.05, 0.1) is 0 Å². The van der Waals surface area contributed by atoms with Crippen molar-refractivity contribution in [2.24, 2.45) is 0 Å². The van der Waals surface area contributed by atoms with Gasteiger partial charge in [-0.15, -0.1) is 11.3 Å². The fourth-order valence-corrected chi connectivity index (χ4v) is 5.69. The molecule has 4 aromatic rings. The normalized spacial score (nSPS) is 13.7. The van der Waals surface area contributed by atoms with Gasteiger partial charge in [0.15, 0.2) is 5.78 Å². The summed E-state index contributed by atoms with van der Waals surface area (Å²) >= 11 is 1.46. The molecule has 0 saturated carbocycles. The van der Waals surface area contributed by atoms with Gasteiger partial charge in [0, 0.05) is 32.6 Å². The van der Waals surface area contributed by atoms with Crippen molar-refractivity contribution in [3.63, 3.8) is 0 Å². The highest BCUT2D eigenvalue weighted by molar-refractivity contribution is 7.22. The molecule has 188 valence electrons. The summed E-state index contributed by atoms with van der Waals surface area (Å²) in [6, 6.07) is 19.2.